The fourth-order valence-electron chi connectivity index (χ4n) is 3.42. The van der Waals surface area contributed by atoms with Crippen LogP contribution in [0.1, 0.15) is 11.7 Å². The van der Waals surface area contributed by atoms with Crippen molar-refractivity contribution in [3.8, 4) is 11.1 Å². The minimum atomic E-state index is -0.486. The minimum Gasteiger partial charge on any atom is -0.387 e. The second-order valence-electron chi connectivity index (χ2n) is 6.60. The van der Waals surface area contributed by atoms with Crippen molar-refractivity contribution in [1.82, 2.24) is 14.9 Å². The van der Waals surface area contributed by atoms with Gasteiger partial charge in [0, 0.05) is 38.3 Å². The van der Waals surface area contributed by atoms with E-state index in [1.807, 2.05) is 31.4 Å². The molecule has 1 aromatic carbocycles. The molecule has 1 aliphatic heterocycles. The predicted octanol–water partition coefficient (Wildman–Crippen LogP) is 2.64. The molecule has 4 rings (SSSR count). The second-order valence-corrected chi connectivity index (χ2v) is 6.60. The summed E-state index contributed by atoms with van der Waals surface area (Å²) in [6.07, 6.45) is 1.42. The number of H-pyrrole nitrogens is 1. The third-order valence-corrected chi connectivity index (χ3v) is 4.93. The molecule has 1 fully saturated rings. The molecule has 136 valence electrons. The van der Waals surface area contributed by atoms with Gasteiger partial charge >= 0.3 is 0 Å². The Kier molecular flexibility index (Phi) is 4.88. The average molecular weight is 352 g/mol. The van der Waals surface area contributed by atoms with E-state index >= 15 is 0 Å². The van der Waals surface area contributed by atoms with E-state index in [2.05, 4.69) is 38.4 Å². The van der Waals surface area contributed by atoms with E-state index in [1.54, 1.807) is 0 Å². The van der Waals surface area contributed by atoms with Crippen molar-refractivity contribution in [1.29, 1.82) is 0 Å². The number of benzene rings is 1. The molecule has 0 saturated carbocycles. The highest BCUT2D eigenvalue weighted by Gasteiger charge is 2.16. The number of fused-ring (bicyclic) bond motifs is 1. The number of hydrogen-bond donors (Lipinski definition) is 3. The SMILES string of the molecule is CNc1cc(-c2ccc([C@H](O)CN3CCOCC3)cc2)c2cc[nH]c2n1. The molecule has 1 aliphatic rings. The lowest BCUT2D eigenvalue weighted by Crippen LogP contribution is -2.38. The standard InChI is InChI=1S/C20H24N4O2/c1-21-19-12-17(16-6-7-22-20(16)23-19)14-2-4-15(5-3-14)18(25)13-24-8-10-26-11-9-24/h2-7,12,18,25H,8-11,13H2,1H3,(H2,21,22,23)/t18-/m1/s1. The van der Waals surface area contributed by atoms with Crippen molar-refractivity contribution in [2.45, 2.75) is 6.10 Å². The number of aromatic nitrogens is 2. The third-order valence-electron chi connectivity index (χ3n) is 4.93. The van der Waals surface area contributed by atoms with Gasteiger partial charge in [0.25, 0.3) is 0 Å². The van der Waals surface area contributed by atoms with Gasteiger partial charge in [0.15, 0.2) is 0 Å². The molecular weight excluding hydrogens is 328 g/mol. The van der Waals surface area contributed by atoms with Crippen molar-refractivity contribution in [3.05, 3.63) is 48.2 Å². The van der Waals surface area contributed by atoms with Crippen molar-refractivity contribution in [2.75, 3.05) is 45.2 Å². The average Bonchev–Trinajstić information content (AvgIpc) is 3.16. The van der Waals surface area contributed by atoms with E-state index < -0.39 is 6.10 Å². The Labute approximate surface area is 152 Å². The summed E-state index contributed by atoms with van der Waals surface area (Å²) in [7, 11) is 1.87. The lowest BCUT2D eigenvalue weighted by atomic mass is 10.00. The zero-order chi connectivity index (χ0) is 17.9. The van der Waals surface area contributed by atoms with Crippen LogP contribution in [0.25, 0.3) is 22.2 Å². The molecule has 3 N–H and O–H groups in total. The molecule has 0 spiro atoms. The first-order valence-corrected chi connectivity index (χ1v) is 8.99. The van der Waals surface area contributed by atoms with Crippen LogP contribution in [0.2, 0.25) is 0 Å². The summed E-state index contributed by atoms with van der Waals surface area (Å²) in [4.78, 5) is 9.94. The topological polar surface area (TPSA) is 73.4 Å². The van der Waals surface area contributed by atoms with Crippen LogP contribution in [-0.4, -0.2) is 59.9 Å². The molecule has 3 aromatic rings. The Morgan fingerprint density at radius 2 is 2.00 bits per heavy atom. The molecule has 6 nitrogen and oxygen atoms in total. The molecule has 2 aromatic heterocycles. The highest BCUT2D eigenvalue weighted by Crippen LogP contribution is 2.30. The third kappa shape index (κ3) is 3.44. The van der Waals surface area contributed by atoms with Gasteiger partial charge in [-0.05, 0) is 28.8 Å². The van der Waals surface area contributed by atoms with Crippen LogP contribution in [0, 0.1) is 0 Å². The molecule has 26 heavy (non-hydrogen) atoms. The van der Waals surface area contributed by atoms with Gasteiger partial charge in [0.05, 0.1) is 19.3 Å². The summed E-state index contributed by atoms with van der Waals surface area (Å²) in [5.74, 6) is 0.825. The summed E-state index contributed by atoms with van der Waals surface area (Å²) < 4.78 is 5.36. The second kappa shape index (κ2) is 7.45. The number of aromatic amines is 1. The molecule has 0 amide bonds. The maximum absolute atomic E-state index is 10.5. The number of ether oxygens (including phenoxy) is 1. The van der Waals surface area contributed by atoms with E-state index in [-0.39, 0.29) is 0 Å². The Bertz CT molecular complexity index is 869. The fourth-order valence-corrected chi connectivity index (χ4v) is 3.42. The number of aliphatic hydroxyl groups excluding tert-OH is 1. The summed E-state index contributed by atoms with van der Waals surface area (Å²) >= 11 is 0. The zero-order valence-corrected chi connectivity index (χ0v) is 14.9. The molecule has 0 aliphatic carbocycles. The largest absolute Gasteiger partial charge is 0.387 e. The first-order chi connectivity index (χ1) is 12.7. The number of nitrogens with one attached hydrogen (secondary N) is 2. The number of β-amino-alcohol motifs (C(OH)–C–C–N with tert-alkyl or cyclic N) is 1. The van der Waals surface area contributed by atoms with Crippen LogP contribution < -0.4 is 5.32 Å². The number of pyridine rings is 1. The molecule has 0 radical (unpaired) electrons. The Balaban J connectivity index is 1.57. The number of morpholine rings is 1. The highest BCUT2D eigenvalue weighted by atomic mass is 16.5. The molecule has 0 bridgehead atoms. The predicted molar refractivity (Wildman–Crippen MR) is 103 cm³/mol. The summed E-state index contributed by atoms with van der Waals surface area (Å²) in [5.41, 5.74) is 4.03. The van der Waals surface area contributed by atoms with Gasteiger partial charge in [-0.15, -0.1) is 0 Å². The van der Waals surface area contributed by atoms with Gasteiger partial charge in [0.2, 0.25) is 0 Å². The van der Waals surface area contributed by atoms with Crippen LogP contribution in [-0.2, 0) is 4.74 Å². The number of rotatable bonds is 5. The van der Waals surface area contributed by atoms with E-state index in [0.717, 1.165) is 59.8 Å². The number of anilines is 1. The summed E-state index contributed by atoms with van der Waals surface area (Å²) in [6.45, 7) is 3.89. The normalized spacial score (nSPS) is 16.7. The van der Waals surface area contributed by atoms with Gasteiger partial charge in [0.1, 0.15) is 11.5 Å². The maximum atomic E-state index is 10.5. The Morgan fingerprint density at radius 1 is 1.23 bits per heavy atom. The maximum Gasteiger partial charge on any atom is 0.140 e. The Hall–Kier alpha value is -2.41. The van der Waals surface area contributed by atoms with Crippen LogP contribution in [0.3, 0.4) is 0 Å². The molecule has 1 saturated heterocycles. The zero-order valence-electron chi connectivity index (χ0n) is 14.9. The lowest BCUT2D eigenvalue weighted by molar-refractivity contribution is 0.0143. The van der Waals surface area contributed by atoms with Gasteiger partial charge in [-0.1, -0.05) is 24.3 Å². The Morgan fingerprint density at radius 3 is 2.73 bits per heavy atom. The monoisotopic (exact) mass is 352 g/mol. The van der Waals surface area contributed by atoms with Crippen molar-refractivity contribution in [3.63, 3.8) is 0 Å². The van der Waals surface area contributed by atoms with Crippen LogP contribution >= 0.6 is 0 Å². The quantitative estimate of drug-likeness (QED) is 0.658. The first-order valence-electron chi connectivity index (χ1n) is 8.99. The fraction of sp³-hybridized carbons (Fsp3) is 0.350. The van der Waals surface area contributed by atoms with Gasteiger partial charge in [-0.25, -0.2) is 4.98 Å². The van der Waals surface area contributed by atoms with Crippen molar-refractivity contribution in [2.24, 2.45) is 0 Å². The van der Waals surface area contributed by atoms with E-state index in [4.69, 9.17) is 4.74 Å². The van der Waals surface area contributed by atoms with Crippen LogP contribution in [0.15, 0.2) is 42.6 Å². The van der Waals surface area contributed by atoms with Crippen molar-refractivity contribution >= 4 is 16.9 Å². The highest BCUT2D eigenvalue weighted by molar-refractivity contribution is 5.94. The molecule has 0 unspecified atom stereocenters. The molecule has 6 heteroatoms. The number of nitrogens with zero attached hydrogens (tertiary/aromatic N) is 2. The molecule has 3 heterocycles. The van der Waals surface area contributed by atoms with Gasteiger partial charge in [-0.3, -0.25) is 4.90 Å². The van der Waals surface area contributed by atoms with Gasteiger partial charge in [-0.2, -0.15) is 0 Å². The first kappa shape index (κ1) is 17.0. The van der Waals surface area contributed by atoms with E-state index in [0.29, 0.717) is 6.54 Å². The summed E-state index contributed by atoms with van der Waals surface area (Å²) in [5, 5.41) is 14.7. The minimum absolute atomic E-state index is 0.486. The van der Waals surface area contributed by atoms with Gasteiger partial charge < -0.3 is 20.1 Å². The van der Waals surface area contributed by atoms with E-state index in [1.165, 1.54) is 0 Å². The number of aliphatic hydroxyl groups is 1. The van der Waals surface area contributed by atoms with Crippen LogP contribution in [0.4, 0.5) is 5.82 Å². The lowest BCUT2D eigenvalue weighted by Gasteiger charge is -2.28. The molecular formula is C20H24N4O2. The van der Waals surface area contributed by atoms with E-state index in [9.17, 15) is 5.11 Å². The molecule has 1 atom stereocenters. The van der Waals surface area contributed by atoms with Crippen LogP contribution in [0.5, 0.6) is 0 Å². The smallest absolute Gasteiger partial charge is 0.140 e. The number of hydrogen-bond acceptors (Lipinski definition) is 5. The summed E-state index contributed by atoms with van der Waals surface area (Å²) in [6, 6.07) is 12.3. The van der Waals surface area contributed by atoms with Crippen molar-refractivity contribution < 1.29 is 9.84 Å².